The molecular weight excluding hydrogens is 228 g/mol. The maximum absolute atomic E-state index is 12.3. The Morgan fingerprint density at radius 2 is 1.78 bits per heavy atom. The lowest BCUT2D eigenvalue weighted by atomic mass is 9.58. The van der Waals surface area contributed by atoms with Gasteiger partial charge in [0.05, 0.1) is 0 Å². The average Bonchev–Trinajstić information content (AvgIpc) is 2.27. The highest BCUT2D eigenvalue weighted by atomic mass is 16.4. The van der Waals surface area contributed by atoms with Crippen LogP contribution in [-0.2, 0) is 9.59 Å². The standard InChI is InChI=1S/C15H24O3/c1-10-7-11(2)9-12(8-10)15(14(17)18)6-4-3-5-13(15)16/h10-12H,3-9H2,1-2H3,(H,17,18). The van der Waals surface area contributed by atoms with Crippen LogP contribution in [0.4, 0.5) is 0 Å². The fraction of sp³-hybridized carbons (Fsp3) is 0.867. The quantitative estimate of drug-likeness (QED) is 0.767. The third-order valence-corrected chi connectivity index (χ3v) is 4.98. The van der Waals surface area contributed by atoms with Gasteiger partial charge in [0.1, 0.15) is 11.2 Å². The van der Waals surface area contributed by atoms with Crippen LogP contribution in [0.3, 0.4) is 0 Å². The van der Waals surface area contributed by atoms with Gasteiger partial charge in [0, 0.05) is 6.42 Å². The molecule has 2 saturated carbocycles. The zero-order valence-electron chi connectivity index (χ0n) is 11.4. The van der Waals surface area contributed by atoms with Crippen LogP contribution in [0.25, 0.3) is 0 Å². The molecule has 102 valence electrons. The Morgan fingerprint density at radius 1 is 1.17 bits per heavy atom. The molecule has 3 heteroatoms. The maximum Gasteiger partial charge on any atom is 0.317 e. The summed E-state index contributed by atoms with van der Waals surface area (Å²) in [4.78, 5) is 24.1. The van der Waals surface area contributed by atoms with Gasteiger partial charge in [0.25, 0.3) is 0 Å². The van der Waals surface area contributed by atoms with Crippen LogP contribution in [0, 0.1) is 23.2 Å². The minimum Gasteiger partial charge on any atom is -0.480 e. The van der Waals surface area contributed by atoms with Crippen molar-refractivity contribution in [3.63, 3.8) is 0 Å². The predicted molar refractivity (Wildman–Crippen MR) is 69.2 cm³/mol. The molecule has 2 aliphatic rings. The Morgan fingerprint density at radius 3 is 2.28 bits per heavy atom. The Labute approximate surface area is 109 Å². The van der Waals surface area contributed by atoms with Crippen LogP contribution in [-0.4, -0.2) is 16.9 Å². The summed E-state index contributed by atoms with van der Waals surface area (Å²) >= 11 is 0. The number of carboxylic acids is 1. The number of carboxylic acid groups (broad SMARTS) is 1. The fourth-order valence-electron chi connectivity index (χ4n) is 4.23. The summed E-state index contributed by atoms with van der Waals surface area (Å²) in [6.07, 6.45) is 5.75. The topological polar surface area (TPSA) is 54.4 Å². The van der Waals surface area contributed by atoms with Crippen molar-refractivity contribution in [1.82, 2.24) is 0 Å². The van der Waals surface area contributed by atoms with Crippen LogP contribution in [0.2, 0.25) is 0 Å². The SMILES string of the molecule is CC1CC(C)CC(C2(C(=O)O)CCCCC2=O)C1. The van der Waals surface area contributed by atoms with Crippen LogP contribution >= 0.6 is 0 Å². The molecule has 0 radical (unpaired) electrons. The highest BCUT2D eigenvalue weighted by molar-refractivity contribution is 6.03. The molecule has 0 bridgehead atoms. The molecule has 0 heterocycles. The molecule has 0 saturated heterocycles. The van der Waals surface area contributed by atoms with Crippen molar-refractivity contribution in [3.8, 4) is 0 Å². The van der Waals surface area contributed by atoms with Crippen molar-refractivity contribution in [2.24, 2.45) is 23.2 Å². The zero-order chi connectivity index (χ0) is 13.3. The third kappa shape index (κ3) is 2.19. The molecule has 3 nitrogen and oxygen atoms in total. The van der Waals surface area contributed by atoms with E-state index in [0.717, 1.165) is 25.7 Å². The molecule has 2 aliphatic carbocycles. The van der Waals surface area contributed by atoms with Crippen molar-refractivity contribution < 1.29 is 14.7 Å². The smallest absolute Gasteiger partial charge is 0.317 e. The van der Waals surface area contributed by atoms with Gasteiger partial charge in [-0.15, -0.1) is 0 Å². The van der Waals surface area contributed by atoms with E-state index < -0.39 is 11.4 Å². The second kappa shape index (κ2) is 5.02. The Kier molecular flexibility index (Phi) is 3.79. The van der Waals surface area contributed by atoms with Gasteiger partial charge < -0.3 is 5.11 Å². The van der Waals surface area contributed by atoms with Crippen LogP contribution < -0.4 is 0 Å². The molecule has 0 aromatic heterocycles. The first-order chi connectivity index (χ1) is 8.46. The highest BCUT2D eigenvalue weighted by Crippen LogP contribution is 2.49. The molecule has 0 aliphatic heterocycles. The van der Waals surface area contributed by atoms with Crippen LogP contribution in [0.15, 0.2) is 0 Å². The summed E-state index contributed by atoms with van der Waals surface area (Å²) in [6, 6.07) is 0. The Bertz CT molecular complexity index is 340. The number of aliphatic carboxylic acids is 1. The second-order valence-electron chi connectivity index (χ2n) is 6.52. The van der Waals surface area contributed by atoms with Gasteiger partial charge in [0.15, 0.2) is 0 Å². The van der Waals surface area contributed by atoms with Crippen LogP contribution in [0.5, 0.6) is 0 Å². The average molecular weight is 252 g/mol. The predicted octanol–water partition coefficient (Wildman–Crippen LogP) is 3.27. The van der Waals surface area contributed by atoms with Crippen molar-refractivity contribution in [2.45, 2.75) is 58.8 Å². The minimum atomic E-state index is -1.05. The van der Waals surface area contributed by atoms with Gasteiger partial charge >= 0.3 is 5.97 Å². The van der Waals surface area contributed by atoms with Gasteiger partial charge in [-0.25, -0.2) is 0 Å². The Balaban J connectivity index is 2.29. The lowest BCUT2D eigenvalue weighted by Crippen LogP contribution is -2.49. The van der Waals surface area contributed by atoms with Gasteiger partial charge in [0.2, 0.25) is 0 Å². The first kappa shape index (κ1) is 13.6. The summed E-state index contributed by atoms with van der Waals surface area (Å²) in [6.45, 7) is 4.37. The van der Waals surface area contributed by atoms with Gasteiger partial charge in [-0.3, -0.25) is 9.59 Å². The molecule has 0 aromatic carbocycles. The van der Waals surface area contributed by atoms with Gasteiger partial charge in [-0.2, -0.15) is 0 Å². The molecule has 2 rings (SSSR count). The first-order valence-electron chi connectivity index (χ1n) is 7.23. The normalized spacial score (nSPS) is 41.7. The van der Waals surface area contributed by atoms with E-state index in [1.807, 2.05) is 0 Å². The minimum absolute atomic E-state index is 0.00690. The number of hydrogen-bond acceptors (Lipinski definition) is 2. The molecule has 3 unspecified atom stereocenters. The molecule has 3 atom stereocenters. The third-order valence-electron chi connectivity index (χ3n) is 4.98. The lowest BCUT2D eigenvalue weighted by Gasteiger charge is -2.43. The van der Waals surface area contributed by atoms with E-state index in [0.29, 0.717) is 24.7 Å². The number of carbonyl (C=O) groups excluding carboxylic acids is 1. The summed E-state index contributed by atoms with van der Waals surface area (Å²) in [5, 5.41) is 9.66. The largest absolute Gasteiger partial charge is 0.480 e. The molecule has 1 N–H and O–H groups in total. The van der Waals surface area contributed by atoms with E-state index in [9.17, 15) is 14.7 Å². The number of rotatable bonds is 2. The molecule has 0 spiro atoms. The van der Waals surface area contributed by atoms with Gasteiger partial charge in [-0.1, -0.05) is 20.3 Å². The molecule has 0 aromatic rings. The molecule has 2 fully saturated rings. The summed E-state index contributed by atoms with van der Waals surface area (Å²) in [7, 11) is 0. The van der Waals surface area contributed by atoms with E-state index in [1.165, 1.54) is 6.42 Å². The molecular formula is C15H24O3. The van der Waals surface area contributed by atoms with Crippen molar-refractivity contribution >= 4 is 11.8 Å². The number of ketones is 1. The first-order valence-corrected chi connectivity index (χ1v) is 7.23. The second-order valence-corrected chi connectivity index (χ2v) is 6.52. The molecule has 18 heavy (non-hydrogen) atoms. The number of hydrogen-bond donors (Lipinski definition) is 1. The van der Waals surface area contributed by atoms with Gasteiger partial charge in [-0.05, 0) is 49.9 Å². The van der Waals surface area contributed by atoms with Crippen molar-refractivity contribution in [3.05, 3.63) is 0 Å². The van der Waals surface area contributed by atoms with E-state index in [1.54, 1.807) is 0 Å². The summed E-state index contributed by atoms with van der Waals surface area (Å²) < 4.78 is 0. The highest BCUT2D eigenvalue weighted by Gasteiger charge is 2.53. The monoisotopic (exact) mass is 252 g/mol. The number of carbonyl (C=O) groups is 2. The fourth-order valence-corrected chi connectivity index (χ4v) is 4.23. The van der Waals surface area contributed by atoms with E-state index in [-0.39, 0.29) is 11.7 Å². The number of Topliss-reactive ketones (excluding diaryl/α,β-unsaturated/α-hetero) is 1. The summed E-state index contributed by atoms with van der Waals surface area (Å²) in [5.74, 6) is 0.280. The molecule has 0 amide bonds. The maximum atomic E-state index is 12.3. The van der Waals surface area contributed by atoms with Crippen molar-refractivity contribution in [2.75, 3.05) is 0 Å². The zero-order valence-corrected chi connectivity index (χ0v) is 11.4. The van der Waals surface area contributed by atoms with E-state index in [4.69, 9.17) is 0 Å². The lowest BCUT2D eigenvalue weighted by molar-refractivity contribution is -0.163. The van der Waals surface area contributed by atoms with E-state index >= 15 is 0 Å². The Hall–Kier alpha value is -0.860. The summed E-state index contributed by atoms with van der Waals surface area (Å²) in [5.41, 5.74) is -1.05. The van der Waals surface area contributed by atoms with Crippen molar-refractivity contribution in [1.29, 1.82) is 0 Å². The van der Waals surface area contributed by atoms with Crippen LogP contribution in [0.1, 0.15) is 58.8 Å². The van der Waals surface area contributed by atoms with E-state index in [2.05, 4.69) is 13.8 Å².